The van der Waals surface area contributed by atoms with Gasteiger partial charge in [0.2, 0.25) is 0 Å². The molecule has 0 atom stereocenters. The van der Waals surface area contributed by atoms with Gasteiger partial charge in [-0.05, 0) is 24.1 Å². The Hall–Kier alpha value is -0.900. The van der Waals surface area contributed by atoms with Crippen LogP contribution in [0.15, 0.2) is 24.3 Å². The summed E-state index contributed by atoms with van der Waals surface area (Å²) in [6.45, 7) is 4.06. The highest BCUT2D eigenvalue weighted by Crippen LogP contribution is 2.02. The molecule has 14 heavy (non-hydrogen) atoms. The number of hydrogen-bond donors (Lipinski definition) is 3. The molecular weight excluding hydrogens is 174 g/mol. The van der Waals surface area contributed by atoms with E-state index in [-0.39, 0.29) is 0 Å². The van der Waals surface area contributed by atoms with Gasteiger partial charge in [0, 0.05) is 13.1 Å². The van der Waals surface area contributed by atoms with Gasteiger partial charge >= 0.3 is 0 Å². The van der Waals surface area contributed by atoms with E-state index >= 15 is 0 Å². The van der Waals surface area contributed by atoms with Crippen molar-refractivity contribution in [1.29, 1.82) is 0 Å². The maximum absolute atomic E-state index is 5.43. The smallest absolute Gasteiger partial charge is 0.0178 e. The Morgan fingerprint density at radius 2 is 1.43 bits per heavy atom. The van der Waals surface area contributed by atoms with Crippen LogP contribution in [-0.4, -0.2) is 6.54 Å². The third kappa shape index (κ3) is 5.70. The van der Waals surface area contributed by atoms with E-state index in [0.717, 1.165) is 24.1 Å². The minimum absolute atomic E-state index is 0.591. The quantitative estimate of drug-likeness (QED) is 0.672. The molecule has 1 aromatic rings. The van der Waals surface area contributed by atoms with Crippen molar-refractivity contribution in [3.05, 3.63) is 35.4 Å². The van der Waals surface area contributed by atoms with Gasteiger partial charge in [0.15, 0.2) is 0 Å². The molecule has 1 aromatic carbocycles. The molecule has 0 aliphatic carbocycles. The third-order valence-electron chi connectivity index (χ3n) is 1.75. The summed E-state index contributed by atoms with van der Waals surface area (Å²) < 4.78 is 0. The van der Waals surface area contributed by atoms with Crippen LogP contribution >= 0.6 is 0 Å². The molecule has 0 heterocycles. The molecule has 0 saturated carbocycles. The van der Waals surface area contributed by atoms with Crippen LogP contribution in [0.2, 0.25) is 0 Å². The molecule has 0 aliphatic heterocycles. The summed E-state index contributed by atoms with van der Waals surface area (Å²) >= 11 is 0. The Morgan fingerprint density at radius 3 is 1.71 bits per heavy atom. The molecule has 6 N–H and O–H groups in total. The van der Waals surface area contributed by atoms with Crippen LogP contribution in [0.25, 0.3) is 0 Å². The lowest BCUT2D eigenvalue weighted by atomic mass is 10.1. The van der Waals surface area contributed by atoms with Crippen LogP contribution in [0.3, 0.4) is 0 Å². The predicted octanol–water partition coefficient (Wildman–Crippen LogP) is 0.959. The number of hydrogen-bond acceptors (Lipinski definition) is 3. The van der Waals surface area contributed by atoms with Crippen LogP contribution in [-0.2, 0) is 13.1 Å². The molecule has 0 unspecified atom stereocenters. The molecule has 0 spiro atoms. The van der Waals surface area contributed by atoms with Gasteiger partial charge < -0.3 is 17.2 Å². The first-order valence-corrected chi connectivity index (χ1v) is 4.96. The largest absolute Gasteiger partial charge is 0.330 e. The van der Waals surface area contributed by atoms with Gasteiger partial charge in [0.1, 0.15) is 0 Å². The van der Waals surface area contributed by atoms with E-state index < -0.39 is 0 Å². The van der Waals surface area contributed by atoms with E-state index in [4.69, 9.17) is 17.2 Å². The van der Waals surface area contributed by atoms with Gasteiger partial charge in [0.05, 0.1) is 0 Å². The second-order valence-electron chi connectivity index (χ2n) is 3.02. The van der Waals surface area contributed by atoms with Crippen molar-refractivity contribution in [1.82, 2.24) is 0 Å². The van der Waals surface area contributed by atoms with Crippen molar-refractivity contribution < 1.29 is 0 Å². The van der Waals surface area contributed by atoms with Gasteiger partial charge in [-0.2, -0.15) is 0 Å². The van der Waals surface area contributed by atoms with Crippen LogP contribution < -0.4 is 17.2 Å². The fraction of sp³-hybridized carbons (Fsp3) is 0.455. The molecule has 0 amide bonds. The highest BCUT2D eigenvalue weighted by atomic mass is 14.5. The van der Waals surface area contributed by atoms with E-state index in [0.29, 0.717) is 13.1 Å². The Labute approximate surface area is 86.3 Å². The summed E-state index contributed by atoms with van der Waals surface area (Å²) in [4.78, 5) is 0. The predicted molar refractivity (Wildman–Crippen MR) is 61.6 cm³/mol. The Kier molecular flexibility index (Phi) is 8.13. The zero-order chi connectivity index (χ0) is 10.8. The Morgan fingerprint density at radius 1 is 1.00 bits per heavy atom. The van der Waals surface area contributed by atoms with Crippen LogP contribution in [0.1, 0.15) is 24.5 Å². The molecule has 0 saturated heterocycles. The maximum atomic E-state index is 5.43. The molecule has 0 radical (unpaired) electrons. The molecule has 0 bridgehead atoms. The molecule has 3 heteroatoms. The number of nitrogens with two attached hydrogens (primary N) is 3. The molecule has 1 rings (SSSR count). The zero-order valence-corrected chi connectivity index (χ0v) is 8.87. The van der Waals surface area contributed by atoms with E-state index in [1.807, 2.05) is 24.3 Å². The van der Waals surface area contributed by atoms with Crippen LogP contribution in [0.4, 0.5) is 0 Å². The average molecular weight is 195 g/mol. The fourth-order valence-corrected chi connectivity index (χ4v) is 0.884. The molecule has 3 nitrogen and oxygen atoms in total. The second-order valence-corrected chi connectivity index (χ2v) is 3.02. The first kappa shape index (κ1) is 13.1. The van der Waals surface area contributed by atoms with E-state index in [1.165, 1.54) is 0 Å². The molecule has 0 aliphatic rings. The highest BCUT2D eigenvalue weighted by Gasteiger charge is 1.89. The van der Waals surface area contributed by atoms with Crippen molar-refractivity contribution in [2.24, 2.45) is 17.2 Å². The van der Waals surface area contributed by atoms with Gasteiger partial charge in [0.25, 0.3) is 0 Å². The van der Waals surface area contributed by atoms with Gasteiger partial charge in [-0.3, -0.25) is 0 Å². The van der Waals surface area contributed by atoms with E-state index in [1.54, 1.807) is 0 Å². The van der Waals surface area contributed by atoms with Gasteiger partial charge in [-0.25, -0.2) is 0 Å². The summed E-state index contributed by atoms with van der Waals surface area (Å²) in [6, 6.07) is 8.00. The van der Waals surface area contributed by atoms with Crippen molar-refractivity contribution in [2.45, 2.75) is 26.4 Å². The summed E-state index contributed by atoms with van der Waals surface area (Å²) in [6.07, 6.45) is 1.10. The zero-order valence-electron chi connectivity index (χ0n) is 8.87. The van der Waals surface area contributed by atoms with Crippen molar-refractivity contribution in [2.75, 3.05) is 6.54 Å². The number of benzene rings is 1. The van der Waals surface area contributed by atoms with Crippen molar-refractivity contribution >= 4 is 0 Å². The van der Waals surface area contributed by atoms with Gasteiger partial charge in [-0.15, -0.1) is 0 Å². The molecular formula is C11H21N3. The highest BCUT2D eigenvalue weighted by molar-refractivity contribution is 5.22. The second kappa shape index (κ2) is 8.69. The SMILES string of the molecule is CCCN.NCc1cccc(CN)c1. The summed E-state index contributed by atoms with van der Waals surface area (Å²) in [7, 11) is 0. The summed E-state index contributed by atoms with van der Waals surface area (Å²) in [5, 5.41) is 0. The molecule has 0 fully saturated rings. The van der Waals surface area contributed by atoms with Crippen molar-refractivity contribution in [3.63, 3.8) is 0 Å². The topological polar surface area (TPSA) is 78.1 Å². The van der Waals surface area contributed by atoms with Crippen LogP contribution in [0, 0.1) is 0 Å². The molecule has 80 valence electrons. The Balaban J connectivity index is 0.000000364. The first-order chi connectivity index (χ1) is 6.78. The van der Waals surface area contributed by atoms with E-state index in [2.05, 4.69) is 6.92 Å². The van der Waals surface area contributed by atoms with Crippen LogP contribution in [0.5, 0.6) is 0 Å². The lowest BCUT2D eigenvalue weighted by Crippen LogP contribution is -2.00. The fourth-order valence-electron chi connectivity index (χ4n) is 0.884. The first-order valence-electron chi connectivity index (χ1n) is 4.96. The van der Waals surface area contributed by atoms with Gasteiger partial charge in [-0.1, -0.05) is 31.2 Å². The third-order valence-corrected chi connectivity index (χ3v) is 1.75. The number of rotatable bonds is 3. The minimum atomic E-state index is 0.591. The normalized spacial score (nSPS) is 9.14. The monoisotopic (exact) mass is 195 g/mol. The van der Waals surface area contributed by atoms with Crippen molar-refractivity contribution in [3.8, 4) is 0 Å². The summed E-state index contributed by atoms with van der Waals surface area (Å²) in [5.74, 6) is 0. The Bertz CT molecular complexity index is 214. The lowest BCUT2D eigenvalue weighted by Gasteiger charge is -1.98. The average Bonchev–Trinajstić information content (AvgIpc) is 2.29. The minimum Gasteiger partial charge on any atom is -0.330 e. The standard InChI is InChI=1S/C8H12N2.C3H9N/c9-5-7-2-1-3-8(4-7)6-10;1-2-3-4/h1-4H,5-6,9-10H2;2-4H2,1H3. The maximum Gasteiger partial charge on any atom is 0.0178 e. The molecule has 0 aromatic heterocycles. The van der Waals surface area contributed by atoms with E-state index in [9.17, 15) is 0 Å². The summed E-state index contributed by atoms with van der Waals surface area (Å²) in [5.41, 5.74) is 18.2. The lowest BCUT2D eigenvalue weighted by molar-refractivity contribution is 0.932.